The minimum Gasteiger partial charge on any atom is -0.450 e. The van der Waals surface area contributed by atoms with Crippen LogP contribution in [0.5, 0.6) is 0 Å². The van der Waals surface area contributed by atoms with Crippen LogP contribution < -0.4 is 10.2 Å². The summed E-state index contributed by atoms with van der Waals surface area (Å²) in [5.41, 5.74) is 3.33. The molecule has 0 saturated carbocycles. The smallest absolute Gasteiger partial charge is 0.287 e. The van der Waals surface area contributed by atoms with Crippen molar-refractivity contribution in [2.45, 2.75) is 19.1 Å². The highest BCUT2D eigenvalue weighted by Crippen LogP contribution is 2.22. The first-order chi connectivity index (χ1) is 15.2. The van der Waals surface area contributed by atoms with Gasteiger partial charge in [0.15, 0.2) is 11.5 Å². The van der Waals surface area contributed by atoms with Gasteiger partial charge in [-0.15, -0.1) is 0 Å². The van der Waals surface area contributed by atoms with Crippen molar-refractivity contribution in [1.29, 1.82) is 0 Å². The van der Waals surface area contributed by atoms with Crippen LogP contribution >= 0.6 is 0 Å². The standard InChI is InChI=1S/C27H26N2O2/c1-29(19-21-11-5-2-6-12-21)20-24-17-18-25(31-24)27(30)28-26(22-13-7-3-8-14-22)23-15-9-4-10-16-23/h2-18,26H,19-20H2,1H3,(H,28,30)/p+1. The molecule has 1 aromatic heterocycles. The lowest BCUT2D eigenvalue weighted by molar-refractivity contribution is -0.908. The molecule has 4 nitrogen and oxygen atoms in total. The molecule has 1 amide bonds. The van der Waals surface area contributed by atoms with E-state index in [1.54, 1.807) is 6.07 Å². The van der Waals surface area contributed by atoms with Crippen molar-refractivity contribution in [3.8, 4) is 0 Å². The van der Waals surface area contributed by atoms with Gasteiger partial charge >= 0.3 is 0 Å². The van der Waals surface area contributed by atoms with Crippen LogP contribution in [-0.4, -0.2) is 13.0 Å². The molecule has 4 rings (SSSR count). The molecule has 31 heavy (non-hydrogen) atoms. The van der Waals surface area contributed by atoms with E-state index in [0.717, 1.165) is 23.4 Å². The highest BCUT2D eigenvalue weighted by molar-refractivity contribution is 5.92. The van der Waals surface area contributed by atoms with Crippen molar-refractivity contribution in [3.63, 3.8) is 0 Å². The Morgan fingerprint density at radius 2 is 1.32 bits per heavy atom. The molecule has 1 atom stereocenters. The highest BCUT2D eigenvalue weighted by atomic mass is 16.4. The number of amides is 1. The van der Waals surface area contributed by atoms with Gasteiger partial charge in [0.05, 0.1) is 13.1 Å². The maximum absolute atomic E-state index is 13.0. The number of hydrogen-bond donors (Lipinski definition) is 2. The van der Waals surface area contributed by atoms with E-state index >= 15 is 0 Å². The topological polar surface area (TPSA) is 46.7 Å². The van der Waals surface area contributed by atoms with Crippen LogP contribution in [-0.2, 0) is 13.1 Å². The first kappa shape index (κ1) is 20.6. The van der Waals surface area contributed by atoms with E-state index < -0.39 is 0 Å². The average Bonchev–Trinajstić information content (AvgIpc) is 3.27. The summed E-state index contributed by atoms with van der Waals surface area (Å²) in [4.78, 5) is 14.3. The van der Waals surface area contributed by atoms with E-state index in [1.165, 1.54) is 10.5 Å². The Bertz CT molecular complexity index is 1050. The maximum Gasteiger partial charge on any atom is 0.287 e. The van der Waals surface area contributed by atoms with Gasteiger partial charge < -0.3 is 14.6 Å². The summed E-state index contributed by atoms with van der Waals surface area (Å²) >= 11 is 0. The molecule has 0 radical (unpaired) electrons. The first-order valence-corrected chi connectivity index (χ1v) is 10.5. The molecule has 4 aromatic rings. The van der Waals surface area contributed by atoms with E-state index in [-0.39, 0.29) is 11.9 Å². The minimum atomic E-state index is -0.241. The average molecular weight is 412 g/mol. The fraction of sp³-hybridized carbons (Fsp3) is 0.148. The van der Waals surface area contributed by atoms with Crippen LogP contribution in [0, 0.1) is 0 Å². The highest BCUT2D eigenvalue weighted by Gasteiger charge is 2.20. The molecule has 0 aliphatic heterocycles. The van der Waals surface area contributed by atoms with Gasteiger partial charge in [0.1, 0.15) is 13.1 Å². The second-order valence-corrected chi connectivity index (χ2v) is 7.79. The first-order valence-electron chi connectivity index (χ1n) is 10.5. The summed E-state index contributed by atoms with van der Waals surface area (Å²) in [5, 5.41) is 3.13. The zero-order valence-corrected chi connectivity index (χ0v) is 17.6. The maximum atomic E-state index is 13.0. The summed E-state index contributed by atoms with van der Waals surface area (Å²) in [7, 11) is 2.12. The number of hydrogen-bond acceptors (Lipinski definition) is 2. The Labute approximate surface area is 183 Å². The lowest BCUT2D eigenvalue weighted by atomic mass is 9.98. The van der Waals surface area contributed by atoms with Crippen molar-refractivity contribution in [2.24, 2.45) is 0 Å². The van der Waals surface area contributed by atoms with Gasteiger partial charge in [0, 0.05) is 5.56 Å². The van der Waals surface area contributed by atoms with Crippen molar-refractivity contribution in [2.75, 3.05) is 7.05 Å². The van der Waals surface area contributed by atoms with Crippen LogP contribution in [0.15, 0.2) is 108 Å². The van der Waals surface area contributed by atoms with Gasteiger partial charge in [-0.2, -0.15) is 0 Å². The lowest BCUT2D eigenvalue weighted by Crippen LogP contribution is -3.06. The molecule has 2 N–H and O–H groups in total. The van der Waals surface area contributed by atoms with Crippen LogP contribution in [0.4, 0.5) is 0 Å². The predicted molar refractivity (Wildman–Crippen MR) is 122 cm³/mol. The van der Waals surface area contributed by atoms with Gasteiger partial charge in [-0.3, -0.25) is 4.79 Å². The fourth-order valence-electron chi connectivity index (χ4n) is 3.75. The summed E-state index contributed by atoms with van der Waals surface area (Å²) in [6, 6.07) is 33.7. The SMILES string of the molecule is C[NH+](Cc1ccccc1)Cc1ccc(C(=O)NC(c2ccccc2)c2ccccc2)o1. The summed E-state index contributed by atoms with van der Waals surface area (Å²) in [6.07, 6.45) is 0. The number of quaternary nitrogens is 1. The third kappa shape index (κ3) is 5.50. The molecule has 0 aliphatic carbocycles. The van der Waals surface area contributed by atoms with Crippen molar-refractivity contribution < 1.29 is 14.1 Å². The molecule has 156 valence electrons. The molecule has 0 bridgehead atoms. The number of furan rings is 1. The van der Waals surface area contributed by atoms with Crippen LogP contribution in [0.25, 0.3) is 0 Å². The second kappa shape index (κ2) is 9.92. The summed E-state index contributed by atoms with van der Waals surface area (Å²) in [5.74, 6) is 0.915. The molecule has 0 aliphatic rings. The zero-order chi connectivity index (χ0) is 21.5. The number of nitrogens with one attached hydrogen (secondary N) is 2. The molecule has 1 heterocycles. The van der Waals surface area contributed by atoms with Crippen molar-refractivity contribution >= 4 is 5.91 Å². The Kier molecular flexibility index (Phi) is 6.60. The van der Waals surface area contributed by atoms with Crippen LogP contribution in [0.3, 0.4) is 0 Å². The number of rotatable bonds is 8. The molecule has 0 spiro atoms. The second-order valence-electron chi connectivity index (χ2n) is 7.79. The molecule has 4 heteroatoms. The summed E-state index contributed by atoms with van der Waals surface area (Å²) in [6.45, 7) is 1.61. The van der Waals surface area contributed by atoms with E-state index in [0.29, 0.717) is 12.3 Å². The quantitative estimate of drug-likeness (QED) is 0.460. The summed E-state index contributed by atoms with van der Waals surface area (Å²) < 4.78 is 5.89. The fourth-order valence-corrected chi connectivity index (χ4v) is 3.75. The Hall–Kier alpha value is -3.63. The zero-order valence-electron chi connectivity index (χ0n) is 17.6. The molecule has 0 fully saturated rings. The van der Waals surface area contributed by atoms with Crippen molar-refractivity contribution in [1.82, 2.24) is 5.32 Å². The Balaban J connectivity index is 1.44. The van der Waals surface area contributed by atoms with Crippen molar-refractivity contribution in [3.05, 3.63) is 131 Å². The Morgan fingerprint density at radius 1 is 0.774 bits per heavy atom. The minimum absolute atomic E-state index is 0.218. The van der Waals surface area contributed by atoms with Crippen LogP contribution in [0.2, 0.25) is 0 Å². The van der Waals surface area contributed by atoms with E-state index in [9.17, 15) is 4.79 Å². The van der Waals surface area contributed by atoms with E-state index in [1.807, 2.05) is 84.9 Å². The predicted octanol–water partition coefficient (Wildman–Crippen LogP) is 4.01. The normalized spacial score (nSPS) is 11.9. The van der Waals surface area contributed by atoms with Crippen LogP contribution in [0.1, 0.15) is 39.0 Å². The number of carbonyl (C=O) groups excluding carboxylic acids is 1. The van der Waals surface area contributed by atoms with Gasteiger partial charge in [-0.25, -0.2) is 0 Å². The number of carbonyl (C=O) groups is 1. The van der Waals surface area contributed by atoms with E-state index in [4.69, 9.17) is 4.42 Å². The molecule has 3 aromatic carbocycles. The Morgan fingerprint density at radius 3 is 1.90 bits per heavy atom. The van der Waals surface area contributed by atoms with Gasteiger partial charge in [-0.05, 0) is 23.3 Å². The largest absolute Gasteiger partial charge is 0.450 e. The van der Waals surface area contributed by atoms with Gasteiger partial charge in [-0.1, -0.05) is 91.0 Å². The number of benzene rings is 3. The van der Waals surface area contributed by atoms with Gasteiger partial charge in [0.2, 0.25) is 0 Å². The molecule has 1 unspecified atom stereocenters. The van der Waals surface area contributed by atoms with Gasteiger partial charge in [0.25, 0.3) is 5.91 Å². The monoisotopic (exact) mass is 411 g/mol. The molecular formula is C27H27N2O2+. The lowest BCUT2D eigenvalue weighted by Gasteiger charge is -2.19. The third-order valence-electron chi connectivity index (χ3n) is 5.25. The third-order valence-corrected chi connectivity index (χ3v) is 5.25. The molecular weight excluding hydrogens is 384 g/mol. The molecule has 0 saturated heterocycles. The van der Waals surface area contributed by atoms with E-state index in [2.05, 4.69) is 24.5 Å².